The van der Waals surface area contributed by atoms with Crippen molar-refractivity contribution in [1.29, 1.82) is 0 Å². The molecule has 0 bridgehead atoms. The van der Waals surface area contributed by atoms with E-state index in [1.165, 1.54) is 58.0 Å². The molecule has 0 spiro atoms. The Hall–Kier alpha value is -0.120. The van der Waals surface area contributed by atoms with Gasteiger partial charge in [-0.05, 0) is 51.4 Å². The van der Waals surface area contributed by atoms with Crippen LogP contribution in [0.3, 0.4) is 0 Å². The number of hydrogen-bond donors (Lipinski definition) is 1. The van der Waals surface area contributed by atoms with Gasteiger partial charge in [0.25, 0.3) is 0 Å². The minimum absolute atomic E-state index is 0.341. The van der Waals surface area contributed by atoms with Gasteiger partial charge < -0.3 is 10.1 Å². The summed E-state index contributed by atoms with van der Waals surface area (Å²) >= 11 is 0. The SMILES string of the molecule is COC(C)CN1CC(C2CCCCC2)NCC1(C)C1CC1. The molecule has 2 saturated carbocycles. The molecule has 3 rings (SSSR count). The van der Waals surface area contributed by atoms with Crippen LogP contribution in [0.25, 0.3) is 0 Å². The average molecular weight is 294 g/mol. The van der Waals surface area contributed by atoms with Crippen molar-refractivity contribution < 1.29 is 4.74 Å². The van der Waals surface area contributed by atoms with Crippen LogP contribution in [-0.4, -0.2) is 49.3 Å². The summed E-state index contributed by atoms with van der Waals surface area (Å²) in [6, 6.07) is 0.709. The van der Waals surface area contributed by atoms with Gasteiger partial charge in [-0.3, -0.25) is 4.90 Å². The third-order valence-corrected chi connectivity index (χ3v) is 6.42. The number of methoxy groups -OCH3 is 1. The van der Waals surface area contributed by atoms with E-state index in [4.69, 9.17) is 4.74 Å². The van der Waals surface area contributed by atoms with Gasteiger partial charge in [0.2, 0.25) is 0 Å². The molecule has 0 aromatic heterocycles. The van der Waals surface area contributed by atoms with Crippen LogP contribution in [0.2, 0.25) is 0 Å². The van der Waals surface area contributed by atoms with Gasteiger partial charge in [0.1, 0.15) is 0 Å². The minimum Gasteiger partial charge on any atom is -0.380 e. The Labute approximate surface area is 130 Å². The van der Waals surface area contributed by atoms with Crippen LogP contribution in [0.4, 0.5) is 0 Å². The lowest BCUT2D eigenvalue weighted by atomic mass is 9.80. The Morgan fingerprint density at radius 2 is 1.90 bits per heavy atom. The Morgan fingerprint density at radius 3 is 2.52 bits per heavy atom. The van der Waals surface area contributed by atoms with E-state index < -0.39 is 0 Å². The summed E-state index contributed by atoms with van der Waals surface area (Å²) in [6.45, 7) is 8.19. The van der Waals surface area contributed by atoms with Crippen molar-refractivity contribution in [3.8, 4) is 0 Å². The van der Waals surface area contributed by atoms with Gasteiger partial charge in [0.15, 0.2) is 0 Å². The Morgan fingerprint density at radius 1 is 1.19 bits per heavy atom. The van der Waals surface area contributed by atoms with Gasteiger partial charge >= 0.3 is 0 Å². The molecule has 1 heterocycles. The Bertz CT molecular complexity index is 338. The molecule has 3 nitrogen and oxygen atoms in total. The molecule has 3 aliphatic rings. The van der Waals surface area contributed by atoms with Crippen LogP contribution < -0.4 is 5.32 Å². The molecule has 1 aliphatic heterocycles. The smallest absolute Gasteiger partial charge is 0.0670 e. The first kappa shape index (κ1) is 15.8. The molecule has 1 saturated heterocycles. The molecule has 3 heteroatoms. The van der Waals surface area contributed by atoms with Gasteiger partial charge in [0, 0.05) is 38.3 Å². The zero-order chi connectivity index (χ0) is 14.9. The fourth-order valence-corrected chi connectivity index (χ4v) is 4.59. The molecular weight excluding hydrogens is 260 g/mol. The molecule has 122 valence electrons. The van der Waals surface area contributed by atoms with Crippen molar-refractivity contribution in [3.05, 3.63) is 0 Å². The van der Waals surface area contributed by atoms with Crippen LogP contribution in [0.15, 0.2) is 0 Å². The lowest BCUT2D eigenvalue weighted by Crippen LogP contribution is -2.66. The van der Waals surface area contributed by atoms with E-state index in [1.807, 2.05) is 7.11 Å². The molecule has 3 unspecified atom stereocenters. The van der Waals surface area contributed by atoms with Crippen molar-refractivity contribution in [3.63, 3.8) is 0 Å². The standard InChI is InChI=1S/C18H34N2O/c1-14(21-3)11-20-12-17(15-7-5-4-6-8-15)19-13-18(20,2)16-9-10-16/h14-17,19H,4-13H2,1-3H3. The first-order chi connectivity index (χ1) is 10.1. The number of nitrogens with zero attached hydrogens (tertiary/aromatic N) is 1. The van der Waals surface area contributed by atoms with Crippen LogP contribution >= 0.6 is 0 Å². The van der Waals surface area contributed by atoms with Crippen molar-refractivity contribution >= 4 is 0 Å². The second kappa shape index (κ2) is 6.55. The zero-order valence-corrected chi connectivity index (χ0v) is 14.2. The van der Waals surface area contributed by atoms with Crippen molar-refractivity contribution in [2.75, 3.05) is 26.7 Å². The average Bonchev–Trinajstić information content (AvgIpc) is 3.35. The van der Waals surface area contributed by atoms with Gasteiger partial charge in [0.05, 0.1) is 6.10 Å². The molecule has 0 aromatic rings. The summed E-state index contributed by atoms with van der Waals surface area (Å²) in [5.74, 6) is 1.81. The largest absolute Gasteiger partial charge is 0.380 e. The maximum atomic E-state index is 5.57. The van der Waals surface area contributed by atoms with E-state index in [2.05, 4.69) is 24.1 Å². The summed E-state index contributed by atoms with van der Waals surface area (Å²) < 4.78 is 5.57. The maximum absolute atomic E-state index is 5.57. The minimum atomic E-state index is 0.341. The second-order valence-electron chi connectivity index (χ2n) is 7.97. The van der Waals surface area contributed by atoms with E-state index >= 15 is 0 Å². The van der Waals surface area contributed by atoms with Crippen LogP contribution in [0.1, 0.15) is 58.8 Å². The maximum Gasteiger partial charge on any atom is 0.0670 e. The molecule has 3 fully saturated rings. The fourth-order valence-electron chi connectivity index (χ4n) is 4.59. The van der Waals surface area contributed by atoms with Crippen molar-refractivity contribution in [1.82, 2.24) is 10.2 Å². The van der Waals surface area contributed by atoms with E-state index in [0.29, 0.717) is 17.7 Å². The quantitative estimate of drug-likeness (QED) is 0.843. The van der Waals surface area contributed by atoms with Gasteiger partial charge in [-0.1, -0.05) is 19.3 Å². The van der Waals surface area contributed by atoms with Gasteiger partial charge in [-0.15, -0.1) is 0 Å². The highest BCUT2D eigenvalue weighted by molar-refractivity contribution is 5.06. The van der Waals surface area contributed by atoms with Crippen molar-refractivity contribution in [2.24, 2.45) is 11.8 Å². The summed E-state index contributed by atoms with van der Waals surface area (Å²) in [6.07, 6.45) is 10.4. The zero-order valence-electron chi connectivity index (χ0n) is 14.2. The van der Waals surface area contributed by atoms with Gasteiger partial charge in [-0.2, -0.15) is 0 Å². The molecule has 3 atom stereocenters. The van der Waals surface area contributed by atoms with Crippen LogP contribution in [-0.2, 0) is 4.74 Å². The third-order valence-electron chi connectivity index (χ3n) is 6.42. The second-order valence-corrected chi connectivity index (χ2v) is 7.97. The van der Waals surface area contributed by atoms with E-state index in [0.717, 1.165) is 18.4 Å². The molecule has 0 radical (unpaired) electrons. The van der Waals surface area contributed by atoms with E-state index in [9.17, 15) is 0 Å². The Balaban J connectivity index is 1.66. The third kappa shape index (κ3) is 3.46. The molecule has 0 aromatic carbocycles. The summed E-state index contributed by atoms with van der Waals surface area (Å²) in [4.78, 5) is 2.77. The number of hydrogen-bond acceptors (Lipinski definition) is 3. The van der Waals surface area contributed by atoms with E-state index in [1.54, 1.807) is 0 Å². The van der Waals surface area contributed by atoms with Crippen molar-refractivity contribution in [2.45, 2.75) is 76.5 Å². The molecule has 21 heavy (non-hydrogen) atoms. The predicted octanol–water partition coefficient (Wildman–Crippen LogP) is 3.04. The number of rotatable bonds is 5. The number of nitrogens with one attached hydrogen (secondary N) is 1. The summed E-state index contributed by atoms with van der Waals surface area (Å²) in [7, 11) is 1.85. The molecular formula is C18H34N2O. The van der Waals surface area contributed by atoms with Gasteiger partial charge in [-0.25, -0.2) is 0 Å². The normalized spacial score (nSPS) is 37.6. The van der Waals surface area contributed by atoms with Crippen LogP contribution in [0.5, 0.6) is 0 Å². The molecule has 0 amide bonds. The predicted molar refractivity (Wildman–Crippen MR) is 87.5 cm³/mol. The monoisotopic (exact) mass is 294 g/mol. The van der Waals surface area contributed by atoms with Crippen LogP contribution in [0, 0.1) is 11.8 Å². The fraction of sp³-hybridized carbons (Fsp3) is 1.00. The first-order valence-electron chi connectivity index (χ1n) is 9.14. The molecule has 1 N–H and O–H groups in total. The van der Waals surface area contributed by atoms with E-state index in [-0.39, 0.29) is 0 Å². The highest BCUT2D eigenvalue weighted by Gasteiger charge is 2.49. The summed E-state index contributed by atoms with van der Waals surface area (Å²) in [5.41, 5.74) is 0.359. The highest BCUT2D eigenvalue weighted by Crippen LogP contribution is 2.44. The molecule has 2 aliphatic carbocycles. The lowest BCUT2D eigenvalue weighted by molar-refractivity contribution is -0.0202. The summed E-state index contributed by atoms with van der Waals surface area (Å²) in [5, 5.41) is 3.94. The Kier molecular flexibility index (Phi) is 4.92. The number of piperazine rings is 1. The highest BCUT2D eigenvalue weighted by atomic mass is 16.5. The lowest BCUT2D eigenvalue weighted by Gasteiger charge is -2.51. The topological polar surface area (TPSA) is 24.5 Å². The number of ether oxygens (including phenoxy) is 1. The first-order valence-corrected chi connectivity index (χ1v) is 9.14.